The SMILES string of the molecule is CC(C)CC(N)C(=O)N1CC2CCCC2C1. The Morgan fingerprint density at radius 3 is 2.38 bits per heavy atom. The lowest BCUT2D eigenvalue weighted by atomic mass is 10.0. The molecule has 16 heavy (non-hydrogen) atoms. The summed E-state index contributed by atoms with van der Waals surface area (Å²) in [5, 5.41) is 0. The molecule has 1 saturated heterocycles. The minimum absolute atomic E-state index is 0.183. The summed E-state index contributed by atoms with van der Waals surface area (Å²) in [5.74, 6) is 2.23. The quantitative estimate of drug-likeness (QED) is 0.792. The largest absolute Gasteiger partial charge is 0.341 e. The summed E-state index contributed by atoms with van der Waals surface area (Å²) in [4.78, 5) is 14.1. The van der Waals surface area contributed by atoms with E-state index in [1.165, 1.54) is 19.3 Å². The Morgan fingerprint density at radius 2 is 1.88 bits per heavy atom. The van der Waals surface area contributed by atoms with E-state index in [2.05, 4.69) is 13.8 Å². The Hall–Kier alpha value is -0.570. The average Bonchev–Trinajstić information content (AvgIpc) is 2.74. The van der Waals surface area contributed by atoms with Gasteiger partial charge in [0, 0.05) is 13.1 Å². The van der Waals surface area contributed by atoms with Crippen molar-refractivity contribution >= 4 is 5.91 Å². The second kappa shape index (κ2) is 4.74. The molecule has 0 aromatic carbocycles. The van der Waals surface area contributed by atoms with Gasteiger partial charge in [-0.3, -0.25) is 4.79 Å². The molecular formula is C13H24N2O. The van der Waals surface area contributed by atoms with Gasteiger partial charge in [0.2, 0.25) is 5.91 Å². The number of carbonyl (C=O) groups is 1. The minimum atomic E-state index is -0.279. The van der Waals surface area contributed by atoms with E-state index in [0.717, 1.165) is 31.3 Å². The molecule has 0 spiro atoms. The Kier molecular flexibility index (Phi) is 3.53. The highest BCUT2D eigenvalue weighted by atomic mass is 16.2. The maximum Gasteiger partial charge on any atom is 0.239 e. The summed E-state index contributed by atoms with van der Waals surface area (Å²) in [6.45, 7) is 6.17. The van der Waals surface area contributed by atoms with Gasteiger partial charge in [0.05, 0.1) is 6.04 Å². The molecule has 3 heteroatoms. The first-order valence-corrected chi connectivity index (χ1v) is 6.62. The van der Waals surface area contributed by atoms with E-state index < -0.39 is 0 Å². The molecule has 92 valence electrons. The van der Waals surface area contributed by atoms with E-state index in [4.69, 9.17) is 5.73 Å². The number of nitrogens with zero attached hydrogens (tertiary/aromatic N) is 1. The molecule has 2 N–H and O–H groups in total. The van der Waals surface area contributed by atoms with Crippen molar-refractivity contribution in [3.05, 3.63) is 0 Å². The first-order valence-electron chi connectivity index (χ1n) is 6.62. The van der Waals surface area contributed by atoms with Gasteiger partial charge in [-0.05, 0) is 37.0 Å². The number of fused-ring (bicyclic) bond motifs is 1. The van der Waals surface area contributed by atoms with Crippen LogP contribution in [0.15, 0.2) is 0 Å². The smallest absolute Gasteiger partial charge is 0.239 e. The third-order valence-electron chi connectivity index (χ3n) is 4.08. The number of amides is 1. The van der Waals surface area contributed by atoms with E-state index >= 15 is 0 Å². The summed E-state index contributed by atoms with van der Waals surface area (Å²) in [6.07, 6.45) is 4.79. The second-order valence-corrected chi connectivity index (χ2v) is 5.93. The summed E-state index contributed by atoms with van der Waals surface area (Å²) < 4.78 is 0. The molecule has 2 rings (SSSR count). The Bertz CT molecular complexity index is 253. The van der Waals surface area contributed by atoms with E-state index in [-0.39, 0.29) is 11.9 Å². The molecule has 2 aliphatic rings. The molecule has 1 amide bonds. The van der Waals surface area contributed by atoms with Crippen molar-refractivity contribution in [1.29, 1.82) is 0 Å². The van der Waals surface area contributed by atoms with Gasteiger partial charge in [-0.2, -0.15) is 0 Å². The van der Waals surface area contributed by atoms with E-state index in [1.54, 1.807) is 0 Å². The van der Waals surface area contributed by atoms with Crippen LogP contribution in [-0.4, -0.2) is 29.9 Å². The molecular weight excluding hydrogens is 200 g/mol. The van der Waals surface area contributed by atoms with Gasteiger partial charge in [-0.1, -0.05) is 20.3 Å². The van der Waals surface area contributed by atoms with Crippen LogP contribution in [0.4, 0.5) is 0 Å². The third-order valence-corrected chi connectivity index (χ3v) is 4.08. The lowest BCUT2D eigenvalue weighted by molar-refractivity contribution is -0.132. The molecule has 1 heterocycles. The monoisotopic (exact) mass is 224 g/mol. The fourth-order valence-electron chi connectivity index (χ4n) is 3.26. The lowest BCUT2D eigenvalue weighted by Crippen LogP contribution is -2.43. The van der Waals surface area contributed by atoms with Gasteiger partial charge in [0.1, 0.15) is 0 Å². The van der Waals surface area contributed by atoms with Crippen LogP contribution < -0.4 is 5.73 Å². The van der Waals surface area contributed by atoms with Crippen molar-refractivity contribution in [3.63, 3.8) is 0 Å². The second-order valence-electron chi connectivity index (χ2n) is 5.93. The maximum absolute atomic E-state index is 12.1. The maximum atomic E-state index is 12.1. The van der Waals surface area contributed by atoms with Gasteiger partial charge in [-0.15, -0.1) is 0 Å². The lowest BCUT2D eigenvalue weighted by Gasteiger charge is -2.22. The fraction of sp³-hybridized carbons (Fsp3) is 0.923. The molecule has 3 atom stereocenters. The summed E-state index contributed by atoms with van der Waals surface area (Å²) in [5.41, 5.74) is 5.96. The summed E-state index contributed by atoms with van der Waals surface area (Å²) in [7, 11) is 0. The van der Waals surface area contributed by atoms with Crippen molar-refractivity contribution in [2.24, 2.45) is 23.5 Å². The van der Waals surface area contributed by atoms with Crippen LogP contribution in [0.3, 0.4) is 0 Å². The third kappa shape index (κ3) is 2.40. The molecule has 0 radical (unpaired) electrons. The fourth-order valence-corrected chi connectivity index (χ4v) is 3.26. The molecule has 0 bridgehead atoms. The Labute approximate surface area is 98.4 Å². The van der Waals surface area contributed by atoms with Crippen LogP contribution >= 0.6 is 0 Å². The molecule has 3 unspecified atom stereocenters. The van der Waals surface area contributed by atoms with Crippen molar-refractivity contribution in [1.82, 2.24) is 4.90 Å². The first-order chi connectivity index (χ1) is 7.58. The van der Waals surface area contributed by atoms with Gasteiger partial charge >= 0.3 is 0 Å². The van der Waals surface area contributed by atoms with Gasteiger partial charge < -0.3 is 10.6 Å². The topological polar surface area (TPSA) is 46.3 Å². The number of nitrogens with two attached hydrogens (primary N) is 1. The molecule has 1 aliphatic heterocycles. The number of hydrogen-bond acceptors (Lipinski definition) is 2. The molecule has 1 aliphatic carbocycles. The predicted octanol–water partition coefficient (Wildman–Crippen LogP) is 1.62. The zero-order valence-electron chi connectivity index (χ0n) is 10.5. The van der Waals surface area contributed by atoms with Crippen LogP contribution in [0.25, 0.3) is 0 Å². The van der Waals surface area contributed by atoms with E-state index in [9.17, 15) is 4.79 Å². The highest BCUT2D eigenvalue weighted by Crippen LogP contribution is 2.37. The molecule has 0 aromatic rings. The van der Waals surface area contributed by atoms with Crippen molar-refractivity contribution in [3.8, 4) is 0 Å². The normalized spacial score (nSPS) is 30.9. The molecule has 1 saturated carbocycles. The van der Waals surface area contributed by atoms with Gasteiger partial charge in [-0.25, -0.2) is 0 Å². The van der Waals surface area contributed by atoms with Gasteiger partial charge in [0.15, 0.2) is 0 Å². The highest BCUT2D eigenvalue weighted by molar-refractivity contribution is 5.82. The summed E-state index contributed by atoms with van der Waals surface area (Å²) in [6, 6.07) is -0.279. The number of likely N-dealkylation sites (tertiary alicyclic amines) is 1. The summed E-state index contributed by atoms with van der Waals surface area (Å²) >= 11 is 0. The van der Waals surface area contributed by atoms with Crippen molar-refractivity contribution < 1.29 is 4.79 Å². The van der Waals surface area contributed by atoms with Crippen LogP contribution in [-0.2, 0) is 4.79 Å². The van der Waals surface area contributed by atoms with Crippen molar-refractivity contribution in [2.75, 3.05) is 13.1 Å². The number of carbonyl (C=O) groups excluding carboxylic acids is 1. The van der Waals surface area contributed by atoms with Crippen LogP contribution in [0.2, 0.25) is 0 Å². The van der Waals surface area contributed by atoms with Crippen LogP contribution in [0.5, 0.6) is 0 Å². The van der Waals surface area contributed by atoms with E-state index in [0.29, 0.717) is 5.92 Å². The molecule has 0 aromatic heterocycles. The minimum Gasteiger partial charge on any atom is -0.341 e. The zero-order chi connectivity index (χ0) is 11.7. The number of hydrogen-bond donors (Lipinski definition) is 1. The predicted molar refractivity (Wildman–Crippen MR) is 64.8 cm³/mol. The molecule has 3 nitrogen and oxygen atoms in total. The van der Waals surface area contributed by atoms with Crippen molar-refractivity contribution in [2.45, 2.75) is 45.6 Å². The van der Waals surface area contributed by atoms with Crippen LogP contribution in [0.1, 0.15) is 39.5 Å². The Balaban J connectivity index is 1.86. The zero-order valence-corrected chi connectivity index (χ0v) is 10.5. The van der Waals surface area contributed by atoms with E-state index in [1.807, 2.05) is 4.90 Å². The number of rotatable bonds is 3. The van der Waals surface area contributed by atoms with Crippen LogP contribution in [0, 0.1) is 17.8 Å². The highest BCUT2D eigenvalue weighted by Gasteiger charge is 2.39. The first kappa shape index (κ1) is 11.9. The van der Waals surface area contributed by atoms with Gasteiger partial charge in [0.25, 0.3) is 0 Å². The Morgan fingerprint density at radius 1 is 1.31 bits per heavy atom. The molecule has 2 fully saturated rings. The standard InChI is InChI=1S/C13H24N2O/c1-9(2)6-12(14)13(16)15-7-10-4-3-5-11(10)8-15/h9-12H,3-8,14H2,1-2H3. The average molecular weight is 224 g/mol.